The Kier molecular flexibility index (Phi) is 5.92. The van der Waals surface area contributed by atoms with Crippen molar-refractivity contribution in [3.63, 3.8) is 0 Å². The zero-order valence-electron chi connectivity index (χ0n) is 15.5. The number of hydrogen-bond donors (Lipinski definition) is 1. The summed E-state index contributed by atoms with van der Waals surface area (Å²) in [5.41, 5.74) is 6.93. The zero-order chi connectivity index (χ0) is 19.4. The van der Waals surface area contributed by atoms with E-state index in [-0.39, 0.29) is 23.8 Å². The van der Waals surface area contributed by atoms with Crippen LogP contribution >= 0.6 is 0 Å². The number of Topliss-reactive ketones (excluding diaryl/α,β-unsaturated/α-hetero) is 1. The Hall–Kier alpha value is -2.96. The highest BCUT2D eigenvalue weighted by Crippen LogP contribution is 2.46. The highest BCUT2D eigenvalue weighted by atomic mass is 16.5. The van der Waals surface area contributed by atoms with E-state index in [1.54, 1.807) is 32.0 Å². The maximum absolute atomic E-state index is 12.6. The van der Waals surface area contributed by atoms with Crippen LogP contribution in [-0.4, -0.2) is 32.6 Å². The minimum atomic E-state index is -0.787. The van der Waals surface area contributed by atoms with Gasteiger partial charge < -0.3 is 24.7 Å². The largest absolute Gasteiger partial charge is 0.493 e. The quantitative estimate of drug-likeness (QED) is 0.777. The lowest BCUT2D eigenvalue weighted by atomic mass is 9.80. The number of carbonyl (C=O) groups excluding carboxylic acids is 2. The van der Waals surface area contributed by atoms with Gasteiger partial charge in [-0.3, -0.25) is 4.79 Å². The molecule has 1 aliphatic rings. The van der Waals surface area contributed by atoms with Gasteiger partial charge in [-0.1, -0.05) is 12.1 Å². The van der Waals surface area contributed by atoms with E-state index in [0.29, 0.717) is 28.4 Å². The number of para-hydroxylation sites is 1. The molecule has 1 aliphatic heterocycles. The Morgan fingerprint density at radius 1 is 1.19 bits per heavy atom. The Bertz CT molecular complexity index is 793. The third kappa shape index (κ3) is 3.37. The molecule has 0 aromatic heterocycles. The number of carbonyl (C=O) groups is 2. The summed E-state index contributed by atoms with van der Waals surface area (Å²) in [6.45, 7) is 4.89. The van der Waals surface area contributed by atoms with E-state index < -0.39 is 11.9 Å². The van der Waals surface area contributed by atoms with Gasteiger partial charge in [0.2, 0.25) is 5.88 Å². The molecule has 1 aromatic carbocycles. The molecule has 0 saturated carbocycles. The second kappa shape index (κ2) is 7.95. The lowest BCUT2D eigenvalue weighted by Crippen LogP contribution is -2.29. The van der Waals surface area contributed by atoms with Crippen LogP contribution in [0.25, 0.3) is 0 Å². The van der Waals surface area contributed by atoms with Crippen molar-refractivity contribution in [2.24, 2.45) is 5.73 Å². The first kappa shape index (κ1) is 19.4. The average Bonchev–Trinajstić information content (AvgIpc) is 2.59. The normalized spacial score (nSPS) is 16.9. The van der Waals surface area contributed by atoms with Crippen molar-refractivity contribution in [3.8, 4) is 11.5 Å². The molecule has 0 amide bonds. The maximum Gasteiger partial charge on any atom is 0.340 e. The van der Waals surface area contributed by atoms with Crippen LogP contribution in [0.3, 0.4) is 0 Å². The van der Waals surface area contributed by atoms with E-state index in [0.717, 1.165) is 0 Å². The number of ether oxygens (including phenoxy) is 4. The van der Waals surface area contributed by atoms with E-state index in [1.807, 2.05) is 0 Å². The number of allylic oxidation sites excluding steroid dienone is 2. The lowest BCUT2D eigenvalue weighted by Gasteiger charge is -2.29. The van der Waals surface area contributed by atoms with Gasteiger partial charge in [0.05, 0.1) is 26.7 Å². The van der Waals surface area contributed by atoms with Gasteiger partial charge in [0.1, 0.15) is 11.3 Å². The summed E-state index contributed by atoms with van der Waals surface area (Å²) >= 11 is 0. The van der Waals surface area contributed by atoms with E-state index in [4.69, 9.17) is 24.7 Å². The monoisotopic (exact) mass is 361 g/mol. The molecule has 2 N–H and O–H groups in total. The van der Waals surface area contributed by atoms with Crippen LogP contribution in [0.4, 0.5) is 0 Å². The molecule has 0 radical (unpaired) electrons. The first-order chi connectivity index (χ1) is 12.4. The van der Waals surface area contributed by atoms with Gasteiger partial charge in [0.25, 0.3) is 0 Å². The van der Waals surface area contributed by atoms with Crippen LogP contribution in [0.5, 0.6) is 11.5 Å². The van der Waals surface area contributed by atoms with Gasteiger partial charge in [-0.2, -0.15) is 0 Å². The SMILES string of the molecule is CCOC(=O)C1=C(N)OC(C)=C(C(C)=O)[C@@H]1c1cccc(OC)c1OC. The number of rotatable bonds is 6. The highest BCUT2D eigenvalue weighted by Gasteiger charge is 2.39. The predicted molar refractivity (Wildman–Crippen MR) is 94.6 cm³/mol. The van der Waals surface area contributed by atoms with Crippen molar-refractivity contribution >= 4 is 11.8 Å². The van der Waals surface area contributed by atoms with Crippen molar-refractivity contribution < 1.29 is 28.5 Å². The minimum Gasteiger partial charge on any atom is -0.493 e. The van der Waals surface area contributed by atoms with E-state index in [9.17, 15) is 9.59 Å². The molecule has 7 heteroatoms. The second-order valence-electron chi connectivity index (χ2n) is 5.64. The molecule has 7 nitrogen and oxygen atoms in total. The smallest absolute Gasteiger partial charge is 0.340 e. The molecule has 1 heterocycles. The summed E-state index contributed by atoms with van der Waals surface area (Å²) in [6.07, 6.45) is 0. The maximum atomic E-state index is 12.6. The van der Waals surface area contributed by atoms with Gasteiger partial charge in [0.15, 0.2) is 17.3 Å². The number of methoxy groups -OCH3 is 2. The Balaban J connectivity index is 2.78. The van der Waals surface area contributed by atoms with Crippen LogP contribution in [0.2, 0.25) is 0 Å². The average molecular weight is 361 g/mol. The van der Waals surface area contributed by atoms with Crippen molar-refractivity contribution in [3.05, 3.63) is 46.6 Å². The van der Waals surface area contributed by atoms with Crippen molar-refractivity contribution in [1.29, 1.82) is 0 Å². The van der Waals surface area contributed by atoms with E-state index >= 15 is 0 Å². The Morgan fingerprint density at radius 2 is 1.88 bits per heavy atom. The van der Waals surface area contributed by atoms with Gasteiger partial charge in [-0.25, -0.2) is 4.79 Å². The molecule has 140 valence electrons. The first-order valence-electron chi connectivity index (χ1n) is 8.14. The molecule has 0 fully saturated rings. The standard InChI is InChI=1S/C19H23NO6/c1-6-25-19(22)16-15(14(10(2)21)11(3)26-18(16)20)12-8-7-9-13(23-4)17(12)24-5/h7-9,15H,6,20H2,1-5H3/t15-/m0/s1. The van der Waals surface area contributed by atoms with Gasteiger partial charge in [-0.05, 0) is 26.8 Å². The van der Waals surface area contributed by atoms with Crippen molar-refractivity contribution in [1.82, 2.24) is 0 Å². The van der Waals surface area contributed by atoms with E-state index in [1.165, 1.54) is 21.1 Å². The second-order valence-corrected chi connectivity index (χ2v) is 5.64. The van der Waals surface area contributed by atoms with Crippen molar-refractivity contribution in [2.45, 2.75) is 26.7 Å². The molecular formula is C19H23NO6. The van der Waals surface area contributed by atoms with Crippen molar-refractivity contribution in [2.75, 3.05) is 20.8 Å². The summed E-state index contributed by atoms with van der Waals surface area (Å²) in [6, 6.07) is 5.22. The van der Waals surface area contributed by atoms with Crippen LogP contribution in [0.1, 0.15) is 32.3 Å². The van der Waals surface area contributed by atoms with Crippen LogP contribution in [0.15, 0.2) is 41.0 Å². The summed E-state index contributed by atoms with van der Waals surface area (Å²) in [5.74, 6) is -0.566. The number of esters is 1. The van der Waals surface area contributed by atoms with Gasteiger partial charge in [-0.15, -0.1) is 0 Å². The first-order valence-corrected chi connectivity index (χ1v) is 8.14. The summed E-state index contributed by atoms with van der Waals surface area (Å²) in [5, 5.41) is 0. The van der Waals surface area contributed by atoms with E-state index in [2.05, 4.69) is 0 Å². The topological polar surface area (TPSA) is 97.1 Å². The molecule has 0 unspecified atom stereocenters. The Morgan fingerprint density at radius 3 is 2.42 bits per heavy atom. The fraction of sp³-hybridized carbons (Fsp3) is 0.368. The highest BCUT2D eigenvalue weighted by molar-refractivity contribution is 6.01. The summed E-state index contributed by atoms with van der Waals surface area (Å²) in [4.78, 5) is 24.9. The fourth-order valence-electron chi connectivity index (χ4n) is 3.09. The molecule has 1 aromatic rings. The summed E-state index contributed by atoms with van der Waals surface area (Å²) in [7, 11) is 3.00. The third-order valence-electron chi connectivity index (χ3n) is 4.10. The Labute approximate surface area is 152 Å². The van der Waals surface area contributed by atoms with Crippen LogP contribution in [-0.2, 0) is 19.1 Å². The molecule has 1 atom stereocenters. The zero-order valence-corrected chi connectivity index (χ0v) is 15.5. The number of nitrogens with two attached hydrogens (primary N) is 1. The van der Waals surface area contributed by atoms with Crippen LogP contribution < -0.4 is 15.2 Å². The van der Waals surface area contributed by atoms with Gasteiger partial charge in [0, 0.05) is 11.1 Å². The van der Waals surface area contributed by atoms with Gasteiger partial charge >= 0.3 is 5.97 Å². The molecular weight excluding hydrogens is 338 g/mol. The molecule has 2 rings (SSSR count). The molecule has 0 saturated heterocycles. The molecule has 26 heavy (non-hydrogen) atoms. The summed E-state index contributed by atoms with van der Waals surface area (Å²) < 4.78 is 21.4. The molecule has 0 bridgehead atoms. The minimum absolute atomic E-state index is 0.0641. The predicted octanol–water partition coefficient (Wildman–Crippen LogP) is 2.41. The molecule has 0 aliphatic carbocycles. The third-order valence-corrected chi connectivity index (χ3v) is 4.10. The fourth-order valence-corrected chi connectivity index (χ4v) is 3.09. The lowest BCUT2D eigenvalue weighted by molar-refractivity contribution is -0.139. The van der Waals surface area contributed by atoms with Crippen LogP contribution in [0, 0.1) is 0 Å². The number of benzene rings is 1. The molecule has 0 spiro atoms. The number of ketones is 1. The number of hydrogen-bond acceptors (Lipinski definition) is 7.